The van der Waals surface area contributed by atoms with Gasteiger partial charge >= 0.3 is 0 Å². The molecular weight excluding hydrogens is 266 g/mol. The zero-order chi connectivity index (χ0) is 15.8. The van der Waals surface area contributed by atoms with E-state index in [0.717, 1.165) is 44.5 Å². The van der Waals surface area contributed by atoms with E-state index in [2.05, 4.69) is 62.9 Å². The molecule has 0 aromatic carbocycles. The molecule has 0 aliphatic rings. The van der Waals surface area contributed by atoms with Gasteiger partial charge in [0, 0.05) is 33.7 Å². The summed E-state index contributed by atoms with van der Waals surface area (Å²) in [6, 6.07) is 0. The fourth-order valence-corrected chi connectivity index (χ4v) is 2.01. The summed E-state index contributed by atoms with van der Waals surface area (Å²) in [4.78, 5) is 19.9. The van der Waals surface area contributed by atoms with Crippen LogP contribution in [-0.4, -0.2) is 74.2 Å². The van der Waals surface area contributed by atoms with Gasteiger partial charge in [-0.25, -0.2) is 0 Å². The molecule has 1 rings (SSSR count). The molecule has 0 amide bonds. The van der Waals surface area contributed by atoms with Gasteiger partial charge in [0.2, 0.25) is 17.8 Å². The Kier molecular flexibility index (Phi) is 7.14. The standard InChI is InChI=1S/C14H29N7/c1-7-21(8-2)14-17-12(15-3)16-13(18-14)20(6)11-9-10-19(4)5/h7-11H2,1-6H3,(H,15,16,17,18). The summed E-state index contributed by atoms with van der Waals surface area (Å²) >= 11 is 0. The van der Waals surface area contributed by atoms with E-state index in [9.17, 15) is 0 Å². The van der Waals surface area contributed by atoms with Gasteiger partial charge in [-0.1, -0.05) is 0 Å². The highest BCUT2D eigenvalue weighted by molar-refractivity contribution is 5.44. The largest absolute Gasteiger partial charge is 0.357 e. The van der Waals surface area contributed by atoms with Gasteiger partial charge in [0.25, 0.3) is 0 Å². The smallest absolute Gasteiger partial charge is 0.231 e. The highest BCUT2D eigenvalue weighted by Gasteiger charge is 2.13. The van der Waals surface area contributed by atoms with Gasteiger partial charge in [-0.2, -0.15) is 15.0 Å². The Balaban J connectivity index is 2.87. The second-order valence-corrected chi connectivity index (χ2v) is 5.26. The predicted octanol–water partition coefficient (Wildman–Crippen LogP) is 1.15. The Morgan fingerprint density at radius 3 is 2.05 bits per heavy atom. The molecule has 0 spiro atoms. The minimum atomic E-state index is 0.612. The first-order chi connectivity index (χ1) is 10.0. The first-order valence-electron chi connectivity index (χ1n) is 7.56. The molecule has 1 heterocycles. The van der Waals surface area contributed by atoms with Crippen molar-refractivity contribution in [3.8, 4) is 0 Å². The molecule has 1 aromatic heterocycles. The lowest BCUT2D eigenvalue weighted by molar-refractivity contribution is 0.401. The summed E-state index contributed by atoms with van der Waals surface area (Å²) in [6.07, 6.45) is 1.07. The quantitative estimate of drug-likeness (QED) is 0.733. The van der Waals surface area contributed by atoms with Crippen molar-refractivity contribution in [1.82, 2.24) is 19.9 Å². The van der Waals surface area contributed by atoms with E-state index in [4.69, 9.17) is 0 Å². The molecule has 0 aliphatic carbocycles. The number of hydrogen-bond donors (Lipinski definition) is 1. The van der Waals surface area contributed by atoms with Crippen LogP contribution >= 0.6 is 0 Å². The number of rotatable bonds is 9. The molecule has 0 aliphatic heterocycles. The molecule has 7 nitrogen and oxygen atoms in total. The van der Waals surface area contributed by atoms with Gasteiger partial charge < -0.3 is 20.0 Å². The SMILES string of the molecule is CCN(CC)c1nc(NC)nc(N(C)CCCN(C)C)n1. The van der Waals surface area contributed by atoms with Gasteiger partial charge in [-0.15, -0.1) is 0 Å². The van der Waals surface area contributed by atoms with Crippen molar-refractivity contribution in [3.05, 3.63) is 0 Å². The molecule has 21 heavy (non-hydrogen) atoms. The van der Waals surface area contributed by atoms with E-state index in [1.54, 1.807) is 0 Å². The molecule has 0 unspecified atom stereocenters. The first kappa shape index (κ1) is 17.4. The number of aromatic nitrogens is 3. The maximum atomic E-state index is 4.60. The van der Waals surface area contributed by atoms with Crippen LogP contribution in [0.1, 0.15) is 20.3 Å². The summed E-state index contributed by atoms with van der Waals surface area (Å²) < 4.78 is 0. The van der Waals surface area contributed by atoms with Crippen LogP contribution in [-0.2, 0) is 0 Å². The second kappa shape index (κ2) is 8.61. The van der Waals surface area contributed by atoms with Crippen molar-refractivity contribution in [2.75, 3.05) is 69.5 Å². The van der Waals surface area contributed by atoms with Crippen LogP contribution in [0.5, 0.6) is 0 Å². The summed E-state index contributed by atoms with van der Waals surface area (Å²) in [5.41, 5.74) is 0. The van der Waals surface area contributed by atoms with Crippen LogP contribution in [0.15, 0.2) is 0 Å². The van der Waals surface area contributed by atoms with Crippen LogP contribution in [0.25, 0.3) is 0 Å². The Labute approximate surface area is 128 Å². The highest BCUT2D eigenvalue weighted by atomic mass is 15.4. The van der Waals surface area contributed by atoms with E-state index < -0.39 is 0 Å². The Morgan fingerprint density at radius 1 is 0.905 bits per heavy atom. The molecule has 0 saturated carbocycles. The Bertz CT molecular complexity index is 418. The number of anilines is 3. The third kappa shape index (κ3) is 5.34. The van der Waals surface area contributed by atoms with Crippen molar-refractivity contribution in [1.29, 1.82) is 0 Å². The van der Waals surface area contributed by atoms with Gasteiger partial charge in [-0.3, -0.25) is 0 Å². The monoisotopic (exact) mass is 295 g/mol. The van der Waals surface area contributed by atoms with Crippen molar-refractivity contribution >= 4 is 17.8 Å². The highest BCUT2D eigenvalue weighted by Crippen LogP contribution is 2.15. The summed E-state index contributed by atoms with van der Waals surface area (Å²) in [5, 5.41) is 3.02. The molecule has 0 saturated heterocycles. The number of nitrogens with zero attached hydrogens (tertiary/aromatic N) is 6. The molecule has 0 bridgehead atoms. The number of hydrogen-bond acceptors (Lipinski definition) is 7. The van der Waals surface area contributed by atoms with Crippen molar-refractivity contribution in [2.24, 2.45) is 0 Å². The van der Waals surface area contributed by atoms with E-state index in [0.29, 0.717) is 5.95 Å². The Hall–Kier alpha value is -1.63. The lowest BCUT2D eigenvalue weighted by Crippen LogP contribution is -2.28. The molecule has 1 aromatic rings. The fourth-order valence-electron chi connectivity index (χ4n) is 2.01. The zero-order valence-electron chi connectivity index (χ0n) is 14.2. The van der Waals surface area contributed by atoms with E-state index >= 15 is 0 Å². The normalized spacial score (nSPS) is 10.8. The second-order valence-electron chi connectivity index (χ2n) is 5.26. The molecule has 0 atom stereocenters. The first-order valence-corrected chi connectivity index (χ1v) is 7.56. The lowest BCUT2D eigenvalue weighted by Gasteiger charge is -2.23. The zero-order valence-corrected chi connectivity index (χ0v) is 14.2. The van der Waals surface area contributed by atoms with Gasteiger partial charge in [0.05, 0.1) is 0 Å². The van der Waals surface area contributed by atoms with Gasteiger partial charge in [0.15, 0.2) is 0 Å². The summed E-state index contributed by atoms with van der Waals surface area (Å²) in [6.45, 7) is 7.95. The molecule has 120 valence electrons. The number of nitrogens with one attached hydrogen (secondary N) is 1. The summed E-state index contributed by atoms with van der Waals surface area (Å²) in [5.74, 6) is 2.06. The molecule has 1 N–H and O–H groups in total. The van der Waals surface area contributed by atoms with Crippen molar-refractivity contribution in [3.63, 3.8) is 0 Å². The van der Waals surface area contributed by atoms with E-state index in [1.807, 2.05) is 14.1 Å². The van der Waals surface area contributed by atoms with Crippen LogP contribution in [0, 0.1) is 0 Å². The van der Waals surface area contributed by atoms with Gasteiger partial charge in [-0.05, 0) is 40.9 Å². The molecule has 0 fully saturated rings. The average Bonchev–Trinajstić information content (AvgIpc) is 2.47. The molecular formula is C14H29N7. The molecule has 0 radical (unpaired) electrons. The van der Waals surface area contributed by atoms with E-state index in [-0.39, 0.29) is 0 Å². The van der Waals surface area contributed by atoms with Gasteiger partial charge in [0.1, 0.15) is 0 Å². The topological polar surface area (TPSA) is 60.4 Å². The average molecular weight is 295 g/mol. The minimum absolute atomic E-state index is 0.612. The molecule has 7 heteroatoms. The maximum Gasteiger partial charge on any atom is 0.231 e. The predicted molar refractivity (Wildman–Crippen MR) is 89.4 cm³/mol. The third-order valence-electron chi connectivity index (χ3n) is 3.32. The van der Waals surface area contributed by atoms with E-state index in [1.165, 1.54) is 0 Å². The minimum Gasteiger partial charge on any atom is -0.357 e. The lowest BCUT2D eigenvalue weighted by atomic mass is 10.4. The van der Waals surface area contributed by atoms with Crippen LogP contribution in [0.4, 0.5) is 17.8 Å². The fraction of sp³-hybridized carbons (Fsp3) is 0.786. The third-order valence-corrected chi connectivity index (χ3v) is 3.32. The maximum absolute atomic E-state index is 4.60. The van der Waals surface area contributed by atoms with Crippen molar-refractivity contribution < 1.29 is 0 Å². The van der Waals surface area contributed by atoms with Crippen molar-refractivity contribution in [2.45, 2.75) is 20.3 Å². The summed E-state index contributed by atoms with van der Waals surface area (Å²) in [7, 11) is 8.02. The van der Waals surface area contributed by atoms with Crippen LogP contribution in [0.2, 0.25) is 0 Å². The van der Waals surface area contributed by atoms with Crippen LogP contribution in [0.3, 0.4) is 0 Å². The van der Waals surface area contributed by atoms with Crippen LogP contribution < -0.4 is 15.1 Å². The Morgan fingerprint density at radius 2 is 1.52 bits per heavy atom.